The van der Waals surface area contributed by atoms with E-state index in [2.05, 4.69) is 26.0 Å². The van der Waals surface area contributed by atoms with E-state index in [1.54, 1.807) is 12.1 Å². The lowest BCUT2D eigenvalue weighted by atomic mass is 10.1. The van der Waals surface area contributed by atoms with Gasteiger partial charge in [-0.05, 0) is 6.07 Å². The highest BCUT2D eigenvalue weighted by Gasteiger charge is 2.12. The number of benzene rings is 1. The van der Waals surface area contributed by atoms with Gasteiger partial charge in [-0.25, -0.2) is 9.97 Å². The summed E-state index contributed by atoms with van der Waals surface area (Å²) in [5, 5.41) is 0. The van der Waals surface area contributed by atoms with E-state index in [0.717, 1.165) is 5.56 Å². The zero-order chi connectivity index (χ0) is 13.4. The summed E-state index contributed by atoms with van der Waals surface area (Å²) in [4.78, 5) is 16.4. The molecule has 3 aromatic rings. The Morgan fingerprint density at radius 3 is 2.32 bits per heavy atom. The molecule has 1 aromatic carbocycles. The number of hydrogen-bond donors (Lipinski definition) is 3. The number of fused-ring (bicyclic) bond motifs is 1. The van der Waals surface area contributed by atoms with Crippen molar-refractivity contribution in [3.8, 4) is 11.3 Å². The van der Waals surface area contributed by atoms with Crippen LogP contribution >= 0.6 is 0 Å². The molecule has 93 valence electrons. The van der Waals surface area contributed by atoms with Crippen LogP contribution in [0.2, 0.25) is 0 Å². The lowest BCUT2D eigenvalue weighted by Gasteiger charge is -2.07. The van der Waals surface area contributed by atoms with Gasteiger partial charge in [0.25, 0.3) is 0 Å². The molecule has 19 heavy (non-hydrogen) atoms. The molecular weight excluding hydrogens is 242 g/mol. The molecule has 0 aliphatic rings. The first-order chi connectivity index (χ1) is 9.15. The third-order valence-electron chi connectivity index (χ3n) is 2.59. The quantitative estimate of drug-likeness (QED) is 0.579. The van der Waals surface area contributed by atoms with E-state index in [4.69, 9.17) is 17.2 Å². The lowest BCUT2D eigenvalue weighted by molar-refractivity contribution is 1.17. The summed E-state index contributed by atoms with van der Waals surface area (Å²) < 4.78 is 0. The van der Waals surface area contributed by atoms with Gasteiger partial charge in [0, 0.05) is 5.56 Å². The molecule has 0 aliphatic heterocycles. The van der Waals surface area contributed by atoms with Crippen molar-refractivity contribution in [2.45, 2.75) is 0 Å². The van der Waals surface area contributed by atoms with E-state index in [9.17, 15) is 0 Å². The molecule has 0 spiro atoms. The van der Waals surface area contributed by atoms with E-state index < -0.39 is 0 Å². The summed E-state index contributed by atoms with van der Waals surface area (Å²) in [7, 11) is 0. The van der Waals surface area contributed by atoms with Crippen molar-refractivity contribution in [3.05, 3.63) is 30.3 Å². The first kappa shape index (κ1) is 11.1. The number of rotatable bonds is 1. The summed E-state index contributed by atoms with van der Waals surface area (Å²) in [6, 6.07) is 10.1. The Balaban J connectivity index is 2.31. The second kappa shape index (κ2) is 4.05. The van der Waals surface area contributed by atoms with Gasteiger partial charge in [-0.1, -0.05) is 24.3 Å². The number of anilines is 3. The van der Waals surface area contributed by atoms with Crippen molar-refractivity contribution in [2.75, 3.05) is 17.2 Å². The monoisotopic (exact) mass is 252 g/mol. The van der Waals surface area contributed by atoms with Crippen LogP contribution in [0.25, 0.3) is 22.4 Å². The molecule has 0 fully saturated rings. The second-order valence-corrected chi connectivity index (χ2v) is 3.89. The van der Waals surface area contributed by atoms with Crippen molar-refractivity contribution in [3.63, 3.8) is 0 Å². The van der Waals surface area contributed by atoms with Crippen LogP contribution in [0.5, 0.6) is 0 Å². The SMILES string of the molecule is Nc1nc(N)c2nc(-c3cc[c]cc3)c(N)nc2n1. The highest BCUT2D eigenvalue weighted by molar-refractivity contribution is 5.87. The molecule has 0 aliphatic carbocycles. The van der Waals surface area contributed by atoms with Gasteiger partial charge in [0.05, 0.1) is 0 Å². The minimum Gasteiger partial charge on any atom is -0.382 e. The third kappa shape index (κ3) is 1.86. The molecule has 3 rings (SSSR count). The molecule has 1 radical (unpaired) electrons. The van der Waals surface area contributed by atoms with E-state index in [0.29, 0.717) is 11.2 Å². The standard InChI is InChI=1S/C12H10N7/c13-9-7(6-4-2-1-3-5-6)16-8-10(14)18-12(15)19-11(8)17-9/h2-5H,(H6,13,14,15,17,18,19). The summed E-state index contributed by atoms with van der Waals surface area (Å²) >= 11 is 0. The molecule has 0 bridgehead atoms. The topological polar surface area (TPSA) is 130 Å². The summed E-state index contributed by atoms with van der Waals surface area (Å²) in [5.41, 5.74) is 19.2. The van der Waals surface area contributed by atoms with Crippen LogP contribution in [0, 0.1) is 6.07 Å². The fourth-order valence-electron chi connectivity index (χ4n) is 1.76. The van der Waals surface area contributed by atoms with Crippen LogP contribution in [0.1, 0.15) is 0 Å². The molecule has 7 heteroatoms. The van der Waals surface area contributed by atoms with Crippen molar-refractivity contribution in [1.29, 1.82) is 0 Å². The Kier molecular flexibility index (Phi) is 2.38. The number of nitrogens with zero attached hydrogens (tertiary/aromatic N) is 4. The molecule has 6 N–H and O–H groups in total. The van der Waals surface area contributed by atoms with Crippen molar-refractivity contribution in [2.24, 2.45) is 0 Å². The van der Waals surface area contributed by atoms with Crippen LogP contribution in [0.4, 0.5) is 17.6 Å². The second-order valence-electron chi connectivity index (χ2n) is 3.89. The largest absolute Gasteiger partial charge is 0.382 e. The predicted octanol–water partition coefficient (Wildman–Crippen LogP) is 0.634. The van der Waals surface area contributed by atoms with Crippen LogP contribution < -0.4 is 17.2 Å². The first-order valence-electron chi connectivity index (χ1n) is 5.48. The Morgan fingerprint density at radius 2 is 1.58 bits per heavy atom. The fourth-order valence-corrected chi connectivity index (χ4v) is 1.76. The van der Waals surface area contributed by atoms with Crippen LogP contribution in [-0.4, -0.2) is 19.9 Å². The lowest BCUT2D eigenvalue weighted by Crippen LogP contribution is -2.06. The molecule has 0 saturated carbocycles. The fraction of sp³-hybridized carbons (Fsp3) is 0. The summed E-state index contributed by atoms with van der Waals surface area (Å²) in [5.74, 6) is 0.482. The zero-order valence-electron chi connectivity index (χ0n) is 9.83. The van der Waals surface area contributed by atoms with Gasteiger partial charge in [0.1, 0.15) is 5.69 Å². The van der Waals surface area contributed by atoms with Crippen molar-refractivity contribution in [1.82, 2.24) is 19.9 Å². The average Bonchev–Trinajstić information content (AvgIpc) is 2.38. The molecule has 7 nitrogen and oxygen atoms in total. The smallest absolute Gasteiger partial charge is 0.224 e. The highest BCUT2D eigenvalue weighted by Crippen LogP contribution is 2.25. The number of nitrogen functional groups attached to an aromatic ring is 3. The van der Waals surface area contributed by atoms with Gasteiger partial charge >= 0.3 is 0 Å². The Morgan fingerprint density at radius 1 is 0.842 bits per heavy atom. The van der Waals surface area contributed by atoms with Crippen LogP contribution in [0.3, 0.4) is 0 Å². The van der Waals surface area contributed by atoms with Gasteiger partial charge in [-0.2, -0.15) is 9.97 Å². The molecule has 2 aromatic heterocycles. The zero-order valence-corrected chi connectivity index (χ0v) is 9.83. The van der Waals surface area contributed by atoms with Gasteiger partial charge in [0.2, 0.25) is 5.95 Å². The molecule has 0 unspecified atom stereocenters. The first-order valence-corrected chi connectivity index (χ1v) is 5.48. The third-order valence-corrected chi connectivity index (χ3v) is 2.59. The molecule has 2 heterocycles. The van der Waals surface area contributed by atoms with Crippen molar-refractivity contribution < 1.29 is 0 Å². The van der Waals surface area contributed by atoms with Crippen LogP contribution in [0.15, 0.2) is 24.3 Å². The molecule has 0 saturated heterocycles. The van der Waals surface area contributed by atoms with E-state index in [1.807, 2.05) is 12.1 Å². The molecular formula is C12H10N7. The Hall–Kier alpha value is -2.96. The number of nitrogens with two attached hydrogens (primary N) is 3. The Bertz CT molecular complexity index is 755. The Labute approximate surface area is 108 Å². The predicted molar refractivity (Wildman–Crippen MR) is 72.6 cm³/mol. The maximum absolute atomic E-state index is 5.89. The maximum Gasteiger partial charge on any atom is 0.224 e. The van der Waals surface area contributed by atoms with Crippen molar-refractivity contribution >= 4 is 28.7 Å². The molecule has 0 atom stereocenters. The van der Waals surface area contributed by atoms with E-state index >= 15 is 0 Å². The van der Waals surface area contributed by atoms with Gasteiger partial charge in [-0.15, -0.1) is 0 Å². The van der Waals surface area contributed by atoms with E-state index in [-0.39, 0.29) is 23.2 Å². The summed E-state index contributed by atoms with van der Waals surface area (Å²) in [6.07, 6.45) is 0. The molecule has 0 amide bonds. The van der Waals surface area contributed by atoms with Gasteiger partial charge < -0.3 is 17.2 Å². The minimum atomic E-state index is 0.0424. The minimum absolute atomic E-state index is 0.0424. The average molecular weight is 252 g/mol. The highest BCUT2D eigenvalue weighted by atomic mass is 15.1. The van der Waals surface area contributed by atoms with Gasteiger partial charge in [0.15, 0.2) is 22.8 Å². The number of hydrogen-bond acceptors (Lipinski definition) is 7. The van der Waals surface area contributed by atoms with Crippen LogP contribution in [-0.2, 0) is 0 Å². The van der Waals surface area contributed by atoms with Gasteiger partial charge in [-0.3, -0.25) is 0 Å². The normalized spacial score (nSPS) is 10.7. The maximum atomic E-state index is 5.89. The summed E-state index contributed by atoms with van der Waals surface area (Å²) in [6.45, 7) is 0. The van der Waals surface area contributed by atoms with E-state index in [1.165, 1.54) is 0 Å². The number of aromatic nitrogens is 4.